The summed E-state index contributed by atoms with van der Waals surface area (Å²) in [6.07, 6.45) is 4.73. The molecule has 118 valence electrons. The molecule has 0 saturated carbocycles. The number of fused-ring (bicyclic) bond motifs is 1. The lowest BCUT2D eigenvalue weighted by atomic mass is 9.88. The van der Waals surface area contributed by atoms with Gasteiger partial charge in [-0.2, -0.15) is 0 Å². The van der Waals surface area contributed by atoms with Crippen LogP contribution in [0.25, 0.3) is 0 Å². The maximum Gasteiger partial charge on any atom is 0.254 e. The van der Waals surface area contributed by atoms with Crippen LogP contribution >= 0.6 is 0 Å². The zero-order chi connectivity index (χ0) is 14.9. The van der Waals surface area contributed by atoms with Crippen LogP contribution in [0.4, 0.5) is 0 Å². The second-order valence-electron chi connectivity index (χ2n) is 6.87. The third kappa shape index (κ3) is 2.55. The molecular weight excluding hydrogens is 274 g/mol. The summed E-state index contributed by atoms with van der Waals surface area (Å²) in [5.41, 5.74) is 3.60. The summed E-state index contributed by atoms with van der Waals surface area (Å²) in [6, 6.07) is 6.94. The van der Waals surface area contributed by atoms with Gasteiger partial charge in [-0.25, -0.2) is 0 Å². The molecule has 1 aromatic carbocycles. The van der Waals surface area contributed by atoms with E-state index in [2.05, 4.69) is 33.7 Å². The number of nitrogens with zero attached hydrogens (tertiary/aromatic N) is 1. The smallest absolute Gasteiger partial charge is 0.254 e. The van der Waals surface area contributed by atoms with Gasteiger partial charge in [-0.3, -0.25) is 4.79 Å². The molecule has 3 aliphatic rings. The molecule has 0 radical (unpaired) electrons. The molecule has 2 N–H and O–H groups in total. The fourth-order valence-electron chi connectivity index (χ4n) is 4.17. The number of carbonyl (C=O) groups is 1. The highest BCUT2D eigenvalue weighted by Crippen LogP contribution is 2.32. The van der Waals surface area contributed by atoms with Crippen molar-refractivity contribution in [1.29, 1.82) is 0 Å². The van der Waals surface area contributed by atoms with Crippen molar-refractivity contribution in [3.63, 3.8) is 0 Å². The van der Waals surface area contributed by atoms with Crippen LogP contribution in [-0.2, 0) is 6.54 Å². The highest BCUT2D eigenvalue weighted by Gasteiger charge is 2.33. The average Bonchev–Trinajstić information content (AvgIpc) is 2.93. The molecule has 4 nitrogen and oxygen atoms in total. The van der Waals surface area contributed by atoms with Crippen LogP contribution in [0.1, 0.15) is 53.1 Å². The van der Waals surface area contributed by atoms with E-state index in [0.29, 0.717) is 12.0 Å². The van der Waals surface area contributed by atoms with Gasteiger partial charge in [-0.15, -0.1) is 0 Å². The molecule has 22 heavy (non-hydrogen) atoms. The van der Waals surface area contributed by atoms with Crippen LogP contribution in [0.3, 0.4) is 0 Å². The van der Waals surface area contributed by atoms with E-state index in [9.17, 15) is 4.79 Å². The number of amides is 1. The Labute approximate surface area is 132 Å². The van der Waals surface area contributed by atoms with Gasteiger partial charge >= 0.3 is 0 Å². The summed E-state index contributed by atoms with van der Waals surface area (Å²) in [7, 11) is 0. The molecule has 1 aromatic rings. The second kappa shape index (κ2) is 6.01. The quantitative estimate of drug-likeness (QED) is 0.876. The van der Waals surface area contributed by atoms with Crippen molar-refractivity contribution in [1.82, 2.24) is 15.5 Å². The highest BCUT2D eigenvalue weighted by atomic mass is 16.2. The molecule has 0 aliphatic carbocycles. The average molecular weight is 299 g/mol. The zero-order valence-corrected chi connectivity index (χ0v) is 13.1. The molecule has 1 unspecified atom stereocenters. The van der Waals surface area contributed by atoms with Crippen molar-refractivity contribution in [2.75, 3.05) is 26.2 Å². The van der Waals surface area contributed by atoms with Gasteiger partial charge in [0.05, 0.1) is 0 Å². The maximum absolute atomic E-state index is 12.7. The summed E-state index contributed by atoms with van der Waals surface area (Å²) in [5, 5.41) is 6.85. The van der Waals surface area contributed by atoms with Crippen LogP contribution in [0.2, 0.25) is 0 Å². The Balaban J connectivity index is 1.54. The summed E-state index contributed by atoms with van der Waals surface area (Å²) >= 11 is 0. The van der Waals surface area contributed by atoms with Crippen LogP contribution in [-0.4, -0.2) is 43.0 Å². The van der Waals surface area contributed by atoms with E-state index in [0.717, 1.165) is 44.7 Å². The SMILES string of the molecule is O=C1c2ccc(C3CCNCC3)cc2CN1C1CCCNC1. The van der Waals surface area contributed by atoms with Crippen molar-refractivity contribution >= 4 is 5.91 Å². The predicted octanol–water partition coefficient (Wildman–Crippen LogP) is 1.86. The van der Waals surface area contributed by atoms with Crippen molar-refractivity contribution < 1.29 is 4.79 Å². The Kier molecular flexibility index (Phi) is 3.89. The minimum absolute atomic E-state index is 0.237. The predicted molar refractivity (Wildman–Crippen MR) is 87.1 cm³/mol. The largest absolute Gasteiger partial charge is 0.330 e. The molecule has 0 bridgehead atoms. The summed E-state index contributed by atoms with van der Waals surface area (Å²) < 4.78 is 0. The van der Waals surface area contributed by atoms with E-state index < -0.39 is 0 Å². The molecule has 2 fully saturated rings. The van der Waals surface area contributed by atoms with Gasteiger partial charge in [0, 0.05) is 24.7 Å². The topological polar surface area (TPSA) is 44.4 Å². The lowest BCUT2D eigenvalue weighted by Gasteiger charge is -2.31. The van der Waals surface area contributed by atoms with Crippen LogP contribution in [0, 0.1) is 0 Å². The summed E-state index contributed by atoms with van der Waals surface area (Å²) in [5.74, 6) is 0.896. The fourth-order valence-corrected chi connectivity index (χ4v) is 4.17. The minimum atomic E-state index is 0.237. The Hall–Kier alpha value is -1.39. The van der Waals surface area contributed by atoms with Crippen molar-refractivity contribution in [2.24, 2.45) is 0 Å². The van der Waals surface area contributed by atoms with Crippen LogP contribution < -0.4 is 10.6 Å². The van der Waals surface area contributed by atoms with Crippen LogP contribution in [0.15, 0.2) is 18.2 Å². The molecule has 0 spiro atoms. The number of rotatable bonds is 2. The van der Waals surface area contributed by atoms with Gasteiger partial charge in [0.25, 0.3) is 5.91 Å². The van der Waals surface area contributed by atoms with Gasteiger partial charge in [-0.1, -0.05) is 12.1 Å². The van der Waals surface area contributed by atoms with Crippen LogP contribution in [0.5, 0.6) is 0 Å². The Morgan fingerprint density at radius 1 is 1.05 bits per heavy atom. The Bertz CT molecular complexity index is 559. The zero-order valence-electron chi connectivity index (χ0n) is 13.1. The first kappa shape index (κ1) is 14.2. The molecule has 3 aliphatic heterocycles. The van der Waals surface area contributed by atoms with E-state index in [4.69, 9.17) is 0 Å². The Morgan fingerprint density at radius 2 is 1.91 bits per heavy atom. The number of piperidine rings is 2. The number of benzene rings is 1. The van der Waals surface area contributed by atoms with E-state index in [1.807, 2.05) is 0 Å². The standard InChI is InChI=1S/C18H25N3O/c22-18-17-4-3-14(13-5-8-19-9-6-13)10-15(17)12-21(18)16-2-1-7-20-11-16/h3-4,10,13,16,19-20H,1-2,5-9,11-12H2. The normalized spacial score (nSPS) is 26.3. The number of hydrogen-bond donors (Lipinski definition) is 2. The molecule has 0 aromatic heterocycles. The molecule has 4 heteroatoms. The van der Waals surface area contributed by atoms with E-state index in [1.165, 1.54) is 30.4 Å². The fraction of sp³-hybridized carbons (Fsp3) is 0.611. The molecule has 4 rings (SSSR count). The molecular formula is C18H25N3O. The van der Waals surface area contributed by atoms with Gasteiger partial charge in [0.15, 0.2) is 0 Å². The second-order valence-corrected chi connectivity index (χ2v) is 6.87. The molecule has 2 saturated heterocycles. The molecule has 1 amide bonds. The van der Waals surface area contributed by atoms with Crippen molar-refractivity contribution in [3.8, 4) is 0 Å². The third-order valence-corrected chi connectivity index (χ3v) is 5.48. The van der Waals surface area contributed by atoms with Crippen molar-refractivity contribution in [3.05, 3.63) is 34.9 Å². The first-order valence-corrected chi connectivity index (χ1v) is 8.68. The lowest BCUT2D eigenvalue weighted by molar-refractivity contribution is 0.0674. The van der Waals surface area contributed by atoms with Gasteiger partial charge in [0.1, 0.15) is 0 Å². The first-order chi connectivity index (χ1) is 10.8. The van der Waals surface area contributed by atoms with E-state index in [-0.39, 0.29) is 5.91 Å². The first-order valence-electron chi connectivity index (χ1n) is 8.68. The van der Waals surface area contributed by atoms with Gasteiger partial charge in [-0.05, 0) is 68.4 Å². The number of hydrogen-bond acceptors (Lipinski definition) is 3. The highest BCUT2D eigenvalue weighted by molar-refractivity contribution is 5.98. The Morgan fingerprint density at radius 3 is 2.68 bits per heavy atom. The summed E-state index contributed by atoms with van der Waals surface area (Å²) in [6.45, 7) is 5.06. The van der Waals surface area contributed by atoms with Crippen molar-refractivity contribution in [2.45, 2.75) is 44.2 Å². The maximum atomic E-state index is 12.7. The molecule has 3 heterocycles. The number of nitrogens with one attached hydrogen (secondary N) is 2. The monoisotopic (exact) mass is 299 g/mol. The number of carbonyl (C=O) groups excluding carboxylic acids is 1. The van der Waals surface area contributed by atoms with E-state index in [1.54, 1.807) is 0 Å². The minimum Gasteiger partial charge on any atom is -0.330 e. The molecule has 1 atom stereocenters. The lowest BCUT2D eigenvalue weighted by Crippen LogP contribution is -2.46. The van der Waals surface area contributed by atoms with Gasteiger partial charge in [0.2, 0.25) is 0 Å². The summed E-state index contributed by atoms with van der Waals surface area (Å²) in [4.78, 5) is 14.8. The van der Waals surface area contributed by atoms with Gasteiger partial charge < -0.3 is 15.5 Å². The van der Waals surface area contributed by atoms with E-state index >= 15 is 0 Å². The third-order valence-electron chi connectivity index (χ3n) is 5.48.